The predicted molar refractivity (Wildman–Crippen MR) is 113 cm³/mol. The van der Waals surface area contributed by atoms with Crippen LogP contribution in [0.25, 0.3) is 0 Å². The van der Waals surface area contributed by atoms with Crippen LogP contribution in [0.1, 0.15) is 46.0 Å². The highest BCUT2D eigenvalue weighted by Gasteiger charge is 2.22. The monoisotopic (exact) mass is 404 g/mol. The van der Waals surface area contributed by atoms with Crippen LogP contribution in [-0.4, -0.2) is 65.8 Å². The Labute approximate surface area is 172 Å². The second-order valence-corrected chi connectivity index (χ2v) is 7.38. The molecule has 0 unspecified atom stereocenters. The van der Waals surface area contributed by atoms with Crippen molar-refractivity contribution in [2.24, 2.45) is 0 Å². The molecule has 1 saturated heterocycles. The van der Waals surface area contributed by atoms with Crippen molar-refractivity contribution in [1.29, 1.82) is 0 Å². The van der Waals surface area contributed by atoms with Crippen molar-refractivity contribution in [3.8, 4) is 0 Å². The molecule has 0 aromatic heterocycles. The number of rotatable bonds is 10. The van der Waals surface area contributed by atoms with Gasteiger partial charge in [0.1, 0.15) is 0 Å². The molecule has 2 rings (SSSR count). The van der Waals surface area contributed by atoms with Crippen LogP contribution >= 0.6 is 0 Å². The minimum Gasteiger partial charge on any atom is -0.368 e. The van der Waals surface area contributed by atoms with Crippen LogP contribution in [0.5, 0.6) is 0 Å². The number of nitro groups is 1. The van der Waals surface area contributed by atoms with Crippen molar-refractivity contribution < 1.29 is 14.5 Å². The molecule has 1 aliphatic heterocycles. The number of piperazine rings is 1. The zero-order chi connectivity index (χ0) is 21.2. The summed E-state index contributed by atoms with van der Waals surface area (Å²) in [6.45, 7) is 8.15. The maximum Gasteiger partial charge on any atom is 0.271 e. The van der Waals surface area contributed by atoms with E-state index in [1.165, 1.54) is 6.07 Å². The molecule has 0 bridgehead atoms. The maximum atomic E-state index is 12.5. The van der Waals surface area contributed by atoms with E-state index in [4.69, 9.17) is 0 Å². The van der Waals surface area contributed by atoms with Gasteiger partial charge < -0.3 is 14.7 Å². The minimum absolute atomic E-state index is 0.0749. The Morgan fingerprint density at radius 3 is 2.31 bits per heavy atom. The first-order chi connectivity index (χ1) is 14.0. The Morgan fingerprint density at radius 2 is 1.72 bits per heavy atom. The molecule has 2 amide bonds. The number of nitro benzene ring substituents is 1. The van der Waals surface area contributed by atoms with Crippen LogP contribution in [0.15, 0.2) is 24.3 Å². The molecule has 1 aliphatic rings. The summed E-state index contributed by atoms with van der Waals surface area (Å²) in [5, 5.41) is 10.9. The summed E-state index contributed by atoms with van der Waals surface area (Å²) in [5.74, 6) is 0.214. The van der Waals surface area contributed by atoms with E-state index in [9.17, 15) is 19.7 Å². The number of benzene rings is 1. The molecule has 1 aromatic rings. The van der Waals surface area contributed by atoms with Crippen LogP contribution in [0.2, 0.25) is 0 Å². The van der Waals surface area contributed by atoms with E-state index >= 15 is 0 Å². The van der Waals surface area contributed by atoms with Gasteiger partial charge in [0.05, 0.1) is 4.92 Å². The number of amides is 2. The lowest BCUT2D eigenvalue weighted by Crippen LogP contribution is -2.48. The quantitative estimate of drug-likeness (QED) is 0.442. The van der Waals surface area contributed by atoms with E-state index in [0.29, 0.717) is 45.4 Å². The molecule has 8 nitrogen and oxygen atoms in total. The molecular weight excluding hydrogens is 372 g/mol. The van der Waals surface area contributed by atoms with Gasteiger partial charge >= 0.3 is 0 Å². The number of carbonyl (C=O) groups excluding carboxylic acids is 2. The van der Waals surface area contributed by atoms with Gasteiger partial charge in [0.15, 0.2) is 0 Å². The zero-order valence-electron chi connectivity index (χ0n) is 17.5. The molecule has 0 aliphatic carbocycles. The van der Waals surface area contributed by atoms with Crippen LogP contribution in [0, 0.1) is 10.1 Å². The molecule has 29 heavy (non-hydrogen) atoms. The fourth-order valence-corrected chi connectivity index (χ4v) is 3.63. The molecule has 8 heteroatoms. The molecule has 1 aromatic carbocycles. The third kappa shape index (κ3) is 6.73. The Kier molecular flexibility index (Phi) is 8.89. The number of anilines is 1. The first-order valence-corrected chi connectivity index (χ1v) is 10.5. The van der Waals surface area contributed by atoms with E-state index in [1.807, 2.05) is 15.9 Å². The summed E-state index contributed by atoms with van der Waals surface area (Å²) >= 11 is 0. The lowest BCUT2D eigenvalue weighted by atomic mass is 10.1. The highest BCUT2D eigenvalue weighted by Crippen LogP contribution is 2.22. The summed E-state index contributed by atoms with van der Waals surface area (Å²) < 4.78 is 0. The number of hydrogen-bond acceptors (Lipinski definition) is 5. The van der Waals surface area contributed by atoms with E-state index in [0.717, 1.165) is 31.6 Å². The number of hydrogen-bond donors (Lipinski definition) is 0. The van der Waals surface area contributed by atoms with Gasteiger partial charge in [-0.3, -0.25) is 19.7 Å². The third-order valence-electron chi connectivity index (χ3n) is 5.16. The Bertz CT molecular complexity index is 696. The standard InChI is InChI=1S/C21H32N4O4/c1-3-11-23(12-4-2)20(26)9-6-10-21(27)24-15-13-22(14-16-24)18-7-5-8-19(17-18)25(28)29/h5,7-8,17H,3-4,6,9-16H2,1-2H3. The highest BCUT2D eigenvalue weighted by atomic mass is 16.6. The Balaban J connectivity index is 1.76. The summed E-state index contributed by atoms with van der Waals surface area (Å²) in [5.41, 5.74) is 0.884. The number of nitrogens with zero attached hydrogens (tertiary/aromatic N) is 4. The predicted octanol–water partition coefficient (Wildman–Crippen LogP) is 3.06. The average molecular weight is 405 g/mol. The van der Waals surface area contributed by atoms with Crippen molar-refractivity contribution in [3.05, 3.63) is 34.4 Å². The topological polar surface area (TPSA) is 87.0 Å². The van der Waals surface area contributed by atoms with Crippen molar-refractivity contribution >= 4 is 23.2 Å². The summed E-state index contributed by atoms with van der Waals surface area (Å²) in [4.78, 5) is 41.1. The molecule has 1 fully saturated rings. The highest BCUT2D eigenvalue weighted by molar-refractivity contribution is 5.79. The number of non-ortho nitro benzene ring substituents is 1. The van der Waals surface area contributed by atoms with Crippen LogP contribution < -0.4 is 4.90 Å². The molecule has 0 N–H and O–H groups in total. The second kappa shape index (κ2) is 11.4. The van der Waals surface area contributed by atoms with Crippen molar-refractivity contribution in [1.82, 2.24) is 9.80 Å². The first-order valence-electron chi connectivity index (χ1n) is 10.5. The van der Waals surface area contributed by atoms with Gasteiger partial charge in [-0.25, -0.2) is 0 Å². The van der Waals surface area contributed by atoms with Gasteiger partial charge in [-0.05, 0) is 25.3 Å². The van der Waals surface area contributed by atoms with Gasteiger partial charge in [-0.1, -0.05) is 19.9 Å². The van der Waals surface area contributed by atoms with Crippen molar-refractivity contribution in [2.75, 3.05) is 44.2 Å². The lowest BCUT2D eigenvalue weighted by Gasteiger charge is -2.36. The molecule has 0 saturated carbocycles. The fraction of sp³-hybridized carbons (Fsp3) is 0.619. The van der Waals surface area contributed by atoms with Gasteiger partial charge in [-0.2, -0.15) is 0 Å². The minimum atomic E-state index is -0.396. The summed E-state index contributed by atoms with van der Waals surface area (Å²) in [7, 11) is 0. The summed E-state index contributed by atoms with van der Waals surface area (Å²) in [6.07, 6.45) is 3.26. The lowest BCUT2D eigenvalue weighted by molar-refractivity contribution is -0.384. The first kappa shape index (κ1) is 22.6. The average Bonchev–Trinajstić information content (AvgIpc) is 2.73. The van der Waals surface area contributed by atoms with Gasteiger partial charge in [0.2, 0.25) is 11.8 Å². The normalized spacial score (nSPS) is 14.0. The van der Waals surface area contributed by atoms with Gasteiger partial charge in [0, 0.05) is 69.9 Å². The Morgan fingerprint density at radius 1 is 1.07 bits per heavy atom. The molecule has 0 atom stereocenters. The largest absolute Gasteiger partial charge is 0.368 e. The molecular formula is C21H32N4O4. The van der Waals surface area contributed by atoms with E-state index < -0.39 is 4.92 Å². The maximum absolute atomic E-state index is 12.5. The van der Waals surface area contributed by atoms with Gasteiger partial charge in [0.25, 0.3) is 5.69 Å². The summed E-state index contributed by atoms with van der Waals surface area (Å²) in [6, 6.07) is 6.59. The van der Waals surface area contributed by atoms with E-state index in [1.54, 1.807) is 12.1 Å². The van der Waals surface area contributed by atoms with Crippen molar-refractivity contribution in [2.45, 2.75) is 46.0 Å². The molecule has 0 radical (unpaired) electrons. The fourth-order valence-electron chi connectivity index (χ4n) is 3.63. The van der Waals surface area contributed by atoms with Gasteiger partial charge in [-0.15, -0.1) is 0 Å². The molecule has 1 heterocycles. The van der Waals surface area contributed by atoms with E-state index in [-0.39, 0.29) is 17.5 Å². The SMILES string of the molecule is CCCN(CCC)C(=O)CCCC(=O)N1CCN(c2cccc([N+](=O)[O-])c2)CC1. The smallest absolute Gasteiger partial charge is 0.271 e. The zero-order valence-corrected chi connectivity index (χ0v) is 17.5. The molecule has 0 spiro atoms. The Hall–Kier alpha value is -2.64. The van der Waals surface area contributed by atoms with Crippen LogP contribution in [-0.2, 0) is 9.59 Å². The third-order valence-corrected chi connectivity index (χ3v) is 5.16. The van der Waals surface area contributed by atoms with Crippen molar-refractivity contribution in [3.63, 3.8) is 0 Å². The van der Waals surface area contributed by atoms with E-state index in [2.05, 4.69) is 18.7 Å². The second-order valence-electron chi connectivity index (χ2n) is 7.38. The molecule has 160 valence electrons. The number of carbonyl (C=O) groups is 2. The van der Waals surface area contributed by atoms with Crippen LogP contribution in [0.3, 0.4) is 0 Å². The van der Waals surface area contributed by atoms with Crippen LogP contribution in [0.4, 0.5) is 11.4 Å².